The maximum absolute atomic E-state index is 10.8. The Hall–Kier alpha value is -1.92. The highest BCUT2D eigenvalue weighted by Crippen LogP contribution is 2.23. The van der Waals surface area contributed by atoms with Crippen molar-refractivity contribution in [1.82, 2.24) is 0 Å². The number of carboxylic acids is 2. The van der Waals surface area contributed by atoms with Gasteiger partial charge < -0.3 is 20.4 Å². The number of aliphatic carboxylic acids is 2. The predicted molar refractivity (Wildman–Crippen MR) is 52.3 cm³/mol. The van der Waals surface area contributed by atoms with Crippen LogP contribution in [0.5, 0.6) is 0 Å². The van der Waals surface area contributed by atoms with Gasteiger partial charge >= 0.3 is 11.9 Å². The fraction of sp³-hybridized carbons (Fsp3) is 0.200. The molecule has 1 atom stereocenters. The fourth-order valence-electron chi connectivity index (χ4n) is 1.31. The molecule has 86 valence electrons. The molecule has 4 N–H and O–H groups in total. The lowest BCUT2D eigenvalue weighted by molar-refractivity contribution is -0.139. The van der Waals surface area contributed by atoms with Gasteiger partial charge in [0.25, 0.3) is 0 Å². The summed E-state index contributed by atoms with van der Waals surface area (Å²) in [6, 6.07) is 0. The number of allylic oxidation sites excluding steroid dienone is 1. The van der Waals surface area contributed by atoms with E-state index in [0.717, 1.165) is 12.2 Å². The summed E-state index contributed by atoms with van der Waals surface area (Å²) in [7, 11) is 0. The molecule has 0 saturated heterocycles. The quantitative estimate of drug-likeness (QED) is 0.482. The molecule has 1 aliphatic carbocycles. The average molecular weight is 226 g/mol. The highest BCUT2D eigenvalue weighted by molar-refractivity contribution is 5.92. The lowest BCUT2D eigenvalue weighted by Gasteiger charge is -2.15. The van der Waals surface area contributed by atoms with Crippen LogP contribution in [0, 0.1) is 5.92 Å². The Balaban J connectivity index is 3.10. The number of aliphatic hydroxyl groups excluding tert-OH is 1. The highest BCUT2D eigenvalue weighted by atomic mass is 16.5. The molecule has 0 radical (unpaired) electrons. The lowest BCUT2D eigenvalue weighted by Crippen LogP contribution is -2.18. The molecule has 0 amide bonds. The molecule has 0 spiro atoms. The van der Waals surface area contributed by atoms with Crippen LogP contribution in [0.15, 0.2) is 35.5 Å². The SMILES string of the molecule is O=C(O)C1=CC(=CC(O)O)C(C(=O)O)C=C1. The first-order valence-electron chi connectivity index (χ1n) is 4.35. The summed E-state index contributed by atoms with van der Waals surface area (Å²) in [5, 5.41) is 34.9. The predicted octanol–water partition coefficient (Wildman–Crippen LogP) is -0.495. The summed E-state index contributed by atoms with van der Waals surface area (Å²) in [5.41, 5.74) is -0.0770. The molecular formula is C10H10O6. The van der Waals surface area contributed by atoms with Gasteiger partial charge in [-0.1, -0.05) is 12.2 Å². The zero-order chi connectivity index (χ0) is 12.3. The van der Waals surface area contributed by atoms with Gasteiger partial charge in [-0.05, 0) is 17.7 Å². The maximum atomic E-state index is 10.8. The fourth-order valence-corrected chi connectivity index (χ4v) is 1.31. The van der Waals surface area contributed by atoms with E-state index in [-0.39, 0.29) is 11.1 Å². The van der Waals surface area contributed by atoms with Crippen LogP contribution in [-0.2, 0) is 9.59 Å². The van der Waals surface area contributed by atoms with Gasteiger partial charge in [-0.3, -0.25) is 4.79 Å². The van der Waals surface area contributed by atoms with E-state index in [1.807, 2.05) is 0 Å². The molecule has 0 heterocycles. The molecule has 0 aromatic carbocycles. The molecule has 1 aliphatic rings. The zero-order valence-corrected chi connectivity index (χ0v) is 8.07. The van der Waals surface area contributed by atoms with Crippen LogP contribution in [-0.4, -0.2) is 38.7 Å². The van der Waals surface area contributed by atoms with Gasteiger partial charge in [0.1, 0.15) is 0 Å². The van der Waals surface area contributed by atoms with Crippen LogP contribution in [0.25, 0.3) is 0 Å². The normalized spacial score (nSPS) is 22.3. The van der Waals surface area contributed by atoms with E-state index in [1.54, 1.807) is 0 Å². The topological polar surface area (TPSA) is 115 Å². The maximum Gasteiger partial charge on any atom is 0.335 e. The summed E-state index contributed by atoms with van der Waals surface area (Å²) in [6.45, 7) is 0. The molecular weight excluding hydrogens is 216 g/mol. The van der Waals surface area contributed by atoms with Crippen molar-refractivity contribution in [3.63, 3.8) is 0 Å². The van der Waals surface area contributed by atoms with Crippen molar-refractivity contribution >= 4 is 11.9 Å². The Kier molecular flexibility index (Phi) is 3.60. The Labute approximate surface area is 90.4 Å². The minimum absolute atomic E-state index is 0.0300. The smallest absolute Gasteiger partial charge is 0.335 e. The van der Waals surface area contributed by atoms with Gasteiger partial charge in [0.15, 0.2) is 6.29 Å². The molecule has 0 fully saturated rings. The molecule has 1 rings (SSSR count). The summed E-state index contributed by atoms with van der Waals surface area (Å²) in [5.74, 6) is -3.47. The molecule has 6 heteroatoms. The first kappa shape index (κ1) is 12.2. The van der Waals surface area contributed by atoms with E-state index < -0.39 is 24.1 Å². The molecule has 0 bridgehead atoms. The van der Waals surface area contributed by atoms with E-state index >= 15 is 0 Å². The summed E-state index contributed by atoms with van der Waals surface area (Å²) in [4.78, 5) is 21.4. The van der Waals surface area contributed by atoms with Crippen LogP contribution in [0.2, 0.25) is 0 Å². The lowest BCUT2D eigenvalue weighted by atomic mass is 9.91. The number of carboxylic acid groups (broad SMARTS) is 2. The summed E-state index contributed by atoms with van der Waals surface area (Å²) < 4.78 is 0. The van der Waals surface area contributed by atoms with Crippen LogP contribution in [0.1, 0.15) is 0 Å². The van der Waals surface area contributed by atoms with Gasteiger partial charge in [0.05, 0.1) is 11.5 Å². The molecule has 0 saturated carbocycles. The number of rotatable bonds is 3. The van der Waals surface area contributed by atoms with Crippen molar-refractivity contribution in [2.75, 3.05) is 0 Å². The summed E-state index contributed by atoms with van der Waals surface area (Å²) in [6.07, 6.45) is 2.50. The average Bonchev–Trinajstić information content (AvgIpc) is 2.15. The van der Waals surface area contributed by atoms with Crippen molar-refractivity contribution in [3.8, 4) is 0 Å². The van der Waals surface area contributed by atoms with E-state index in [1.165, 1.54) is 12.2 Å². The molecule has 16 heavy (non-hydrogen) atoms. The standard InChI is InChI=1S/C10H10O6/c11-8(12)4-6-3-5(9(13)14)1-2-7(6)10(15)16/h1-4,7-8,11-12H,(H,13,14)(H,15,16). The van der Waals surface area contributed by atoms with Crippen LogP contribution >= 0.6 is 0 Å². The minimum atomic E-state index is -1.82. The third-order valence-corrected chi connectivity index (χ3v) is 2.00. The largest absolute Gasteiger partial charge is 0.481 e. The Morgan fingerprint density at radius 1 is 1.31 bits per heavy atom. The van der Waals surface area contributed by atoms with Crippen molar-refractivity contribution in [3.05, 3.63) is 35.5 Å². The molecule has 1 unspecified atom stereocenters. The van der Waals surface area contributed by atoms with Gasteiger partial charge in [0.2, 0.25) is 0 Å². The van der Waals surface area contributed by atoms with Crippen molar-refractivity contribution in [2.45, 2.75) is 6.29 Å². The zero-order valence-electron chi connectivity index (χ0n) is 8.07. The van der Waals surface area contributed by atoms with Crippen LogP contribution in [0.4, 0.5) is 0 Å². The Morgan fingerprint density at radius 2 is 1.94 bits per heavy atom. The molecule has 0 aliphatic heterocycles. The molecule has 0 aromatic rings. The van der Waals surface area contributed by atoms with E-state index in [4.69, 9.17) is 20.4 Å². The van der Waals surface area contributed by atoms with Crippen molar-refractivity contribution in [2.24, 2.45) is 5.92 Å². The van der Waals surface area contributed by atoms with Crippen LogP contribution < -0.4 is 0 Å². The van der Waals surface area contributed by atoms with Crippen LogP contribution in [0.3, 0.4) is 0 Å². The van der Waals surface area contributed by atoms with Gasteiger partial charge in [-0.25, -0.2) is 4.79 Å². The number of hydrogen-bond donors (Lipinski definition) is 4. The molecule has 0 aromatic heterocycles. The second-order valence-electron chi connectivity index (χ2n) is 3.16. The van der Waals surface area contributed by atoms with Gasteiger partial charge in [-0.15, -0.1) is 0 Å². The third kappa shape index (κ3) is 2.78. The van der Waals surface area contributed by atoms with Crippen molar-refractivity contribution < 1.29 is 30.0 Å². The molecule has 6 nitrogen and oxygen atoms in total. The Bertz CT molecular complexity index is 402. The van der Waals surface area contributed by atoms with Gasteiger partial charge in [-0.2, -0.15) is 0 Å². The third-order valence-electron chi connectivity index (χ3n) is 2.00. The van der Waals surface area contributed by atoms with E-state index in [0.29, 0.717) is 0 Å². The van der Waals surface area contributed by atoms with Crippen molar-refractivity contribution in [1.29, 1.82) is 0 Å². The number of hydrogen-bond acceptors (Lipinski definition) is 4. The highest BCUT2D eigenvalue weighted by Gasteiger charge is 2.23. The second-order valence-corrected chi connectivity index (χ2v) is 3.16. The summed E-state index contributed by atoms with van der Waals surface area (Å²) >= 11 is 0. The van der Waals surface area contributed by atoms with E-state index in [9.17, 15) is 9.59 Å². The van der Waals surface area contributed by atoms with E-state index in [2.05, 4.69) is 0 Å². The second kappa shape index (κ2) is 4.73. The first-order valence-corrected chi connectivity index (χ1v) is 4.35. The monoisotopic (exact) mass is 226 g/mol. The minimum Gasteiger partial charge on any atom is -0.481 e. The van der Waals surface area contributed by atoms with Gasteiger partial charge in [0, 0.05) is 0 Å². The number of aliphatic hydroxyl groups is 2. The number of carbonyl (C=O) groups is 2. The Morgan fingerprint density at radius 3 is 2.38 bits per heavy atom. The first-order chi connectivity index (χ1) is 7.41.